The van der Waals surface area contributed by atoms with Crippen LogP contribution >= 0.6 is 0 Å². The van der Waals surface area contributed by atoms with Gasteiger partial charge in [-0.2, -0.15) is 13.2 Å². The molecule has 0 fully saturated rings. The van der Waals surface area contributed by atoms with Gasteiger partial charge in [0.25, 0.3) is 5.56 Å². The van der Waals surface area contributed by atoms with Gasteiger partial charge in [0.05, 0.1) is 16.5 Å². The number of nitrogens with zero attached hydrogens (tertiary/aromatic N) is 2. The SMILES string of the molecule is O=c1c2ccc(C(F)(F)F)cc2nc2n1CC/C2=C\c1cccc(F)c1. The second-order valence-corrected chi connectivity index (χ2v) is 6.10. The molecule has 0 spiro atoms. The molecule has 0 radical (unpaired) electrons. The number of halogens is 4. The van der Waals surface area contributed by atoms with Crippen molar-refractivity contribution in [2.24, 2.45) is 0 Å². The fraction of sp³-hybridized carbons (Fsp3) is 0.158. The largest absolute Gasteiger partial charge is 0.416 e. The summed E-state index contributed by atoms with van der Waals surface area (Å²) in [5.74, 6) is -0.0675. The van der Waals surface area contributed by atoms with E-state index in [2.05, 4.69) is 4.98 Å². The minimum absolute atomic E-state index is 0.00289. The predicted molar refractivity (Wildman–Crippen MR) is 89.9 cm³/mol. The van der Waals surface area contributed by atoms with Gasteiger partial charge in [-0.3, -0.25) is 9.36 Å². The van der Waals surface area contributed by atoms with Gasteiger partial charge in [-0.05, 0) is 54.0 Å². The van der Waals surface area contributed by atoms with Crippen LogP contribution < -0.4 is 5.56 Å². The van der Waals surface area contributed by atoms with E-state index >= 15 is 0 Å². The molecule has 2 aromatic carbocycles. The lowest BCUT2D eigenvalue weighted by atomic mass is 10.1. The molecule has 1 aliphatic heterocycles. The molecule has 0 amide bonds. The maximum absolute atomic E-state index is 13.4. The quantitative estimate of drug-likeness (QED) is 0.599. The van der Waals surface area contributed by atoms with Crippen molar-refractivity contribution in [3.63, 3.8) is 0 Å². The van der Waals surface area contributed by atoms with Crippen LogP contribution in [0.3, 0.4) is 0 Å². The molecule has 4 rings (SSSR count). The van der Waals surface area contributed by atoms with E-state index in [9.17, 15) is 22.4 Å². The third-order valence-electron chi connectivity index (χ3n) is 4.36. The van der Waals surface area contributed by atoms with E-state index in [0.29, 0.717) is 29.9 Å². The molecule has 1 aliphatic rings. The molecule has 0 saturated carbocycles. The molecule has 0 atom stereocenters. The van der Waals surface area contributed by atoms with Gasteiger partial charge >= 0.3 is 6.18 Å². The highest BCUT2D eigenvalue weighted by atomic mass is 19.4. The molecule has 1 aromatic heterocycles. The van der Waals surface area contributed by atoms with Crippen molar-refractivity contribution < 1.29 is 17.6 Å². The maximum Gasteiger partial charge on any atom is 0.416 e. The summed E-state index contributed by atoms with van der Waals surface area (Å²) in [4.78, 5) is 16.9. The lowest BCUT2D eigenvalue weighted by molar-refractivity contribution is -0.137. The topological polar surface area (TPSA) is 34.9 Å². The zero-order valence-corrected chi connectivity index (χ0v) is 13.3. The summed E-state index contributed by atoms with van der Waals surface area (Å²) in [5, 5.41) is 0.147. The first-order chi connectivity index (χ1) is 12.3. The lowest BCUT2D eigenvalue weighted by Crippen LogP contribution is -2.21. The van der Waals surface area contributed by atoms with Crippen molar-refractivity contribution >= 4 is 22.6 Å². The van der Waals surface area contributed by atoms with E-state index in [-0.39, 0.29) is 16.5 Å². The molecule has 0 bridgehead atoms. The smallest absolute Gasteiger partial charge is 0.292 e. The molecule has 26 heavy (non-hydrogen) atoms. The molecule has 0 saturated heterocycles. The molecule has 0 unspecified atom stereocenters. The molecule has 0 N–H and O–H groups in total. The monoisotopic (exact) mass is 360 g/mol. The van der Waals surface area contributed by atoms with Crippen molar-refractivity contribution in [1.82, 2.24) is 9.55 Å². The van der Waals surface area contributed by atoms with Gasteiger partial charge in [0.1, 0.15) is 11.6 Å². The summed E-state index contributed by atoms with van der Waals surface area (Å²) in [7, 11) is 0. The van der Waals surface area contributed by atoms with Gasteiger partial charge in [-0.1, -0.05) is 12.1 Å². The van der Waals surface area contributed by atoms with Crippen molar-refractivity contribution in [2.45, 2.75) is 19.1 Å². The van der Waals surface area contributed by atoms with E-state index in [0.717, 1.165) is 18.2 Å². The van der Waals surface area contributed by atoms with Gasteiger partial charge in [0.15, 0.2) is 0 Å². The van der Waals surface area contributed by atoms with E-state index in [1.807, 2.05) is 0 Å². The third-order valence-corrected chi connectivity index (χ3v) is 4.36. The van der Waals surface area contributed by atoms with Crippen molar-refractivity contribution in [2.75, 3.05) is 0 Å². The van der Waals surface area contributed by atoms with Crippen molar-refractivity contribution in [3.8, 4) is 0 Å². The Morgan fingerprint density at radius 3 is 2.65 bits per heavy atom. The van der Waals surface area contributed by atoms with Gasteiger partial charge in [-0.25, -0.2) is 9.37 Å². The molecule has 0 aliphatic carbocycles. The Balaban J connectivity index is 1.89. The normalized spacial score (nSPS) is 15.6. The van der Waals surface area contributed by atoms with E-state index in [1.54, 1.807) is 18.2 Å². The number of fused-ring (bicyclic) bond motifs is 2. The van der Waals surface area contributed by atoms with Crippen LogP contribution in [-0.4, -0.2) is 9.55 Å². The average molecular weight is 360 g/mol. The molecule has 3 nitrogen and oxygen atoms in total. The van der Waals surface area contributed by atoms with Crippen LogP contribution in [0.25, 0.3) is 22.6 Å². The fourth-order valence-corrected chi connectivity index (χ4v) is 3.13. The average Bonchev–Trinajstić information content (AvgIpc) is 2.97. The van der Waals surface area contributed by atoms with E-state index < -0.39 is 17.6 Å². The zero-order valence-electron chi connectivity index (χ0n) is 13.3. The zero-order chi connectivity index (χ0) is 18.5. The number of allylic oxidation sites excluding steroid dienone is 1. The predicted octanol–water partition coefficient (Wildman–Crippen LogP) is 4.50. The minimum atomic E-state index is -4.51. The summed E-state index contributed by atoms with van der Waals surface area (Å²) in [6, 6.07) is 8.87. The van der Waals surface area contributed by atoms with Gasteiger partial charge in [0.2, 0.25) is 0 Å². The van der Waals surface area contributed by atoms with Crippen molar-refractivity contribution in [1.29, 1.82) is 0 Å². The van der Waals surface area contributed by atoms with Crippen LogP contribution in [0.5, 0.6) is 0 Å². The standard InChI is InChI=1S/C19H12F4N2O/c20-14-3-1-2-11(9-14)8-12-6-7-25-17(12)24-16-10-13(19(21,22)23)4-5-15(16)18(25)26/h1-5,8-10H,6-7H2/b12-8+. The van der Waals surface area contributed by atoms with Crippen LogP contribution in [0.2, 0.25) is 0 Å². The first-order valence-electron chi connectivity index (χ1n) is 7.91. The molecule has 3 aromatic rings. The molecule has 132 valence electrons. The number of rotatable bonds is 1. The Kier molecular flexibility index (Phi) is 3.68. The lowest BCUT2D eigenvalue weighted by Gasteiger charge is -2.09. The number of benzene rings is 2. The summed E-state index contributed by atoms with van der Waals surface area (Å²) < 4.78 is 53.6. The van der Waals surface area contributed by atoms with Crippen LogP contribution in [0.15, 0.2) is 47.3 Å². The third kappa shape index (κ3) is 2.79. The summed E-state index contributed by atoms with van der Waals surface area (Å²) in [6.07, 6.45) is -2.31. The number of hydrogen-bond acceptors (Lipinski definition) is 2. The van der Waals surface area contributed by atoms with Gasteiger partial charge < -0.3 is 0 Å². The number of alkyl halides is 3. The van der Waals surface area contributed by atoms with Crippen LogP contribution in [0, 0.1) is 5.82 Å². The van der Waals surface area contributed by atoms with Crippen molar-refractivity contribution in [3.05, 3.63) is 75.6 Å². The Morgan fingerprint density at radius 1 is 1.12 bits per heavy atom. The summed E-state index contributed by atoms with van der Waals surface area (Å²) in [5.41, 5.74) is 0.0684. The fourth-order valence-electron chi connectivity index (χ4n) is 3.13. The molecule has 7 heteroatoms. The van der Waals surface area contributed by atoms with E-state index in [4.69, 9.17) is 0 Å². The van der Waals surface area contributed by atoms with Crippen LogP contribution in [-0.2, 0) is 12.7 Å². The summed E-state index contributed by atoms with van der Waals surface area (Å²) >= 11 is 0. The Hall–Kier alpha value is -2.96. The van der Waals surface area contributed by atoms with Gasteiger partial charge in [-0.15, -0.1) is 0 Å². The van der Waals surface area contributed by atoms with E-state index in [1.165, 1.54) is 16.7 Å². The Bertz CT molecular complexity index is 1110. The number of hydrogen-bond donors (Lipinski definition) is 0. The number of aromatic nitrogens is 2. The highest BCUT2D eigenvalue weighted by Gasteiger charge is 2.31. The maximum atomic E-state index is 13.4. The van der Waals surface area contributed by atoms with Gasteiger partial charge in [0, 0.05) is 6.54 Å². The molecular formula is C19H12F4N2O. The van der Waals surface area contributed by atoms with Crippen LogP contribution in [0.4, 0.5) is 17.6 Å². The molecule has 2 heterocycles. The minimum Gasteiger partial charge on any atom is -0.292 e. The second-order valence-electron chi connectivity index (χ2n) is 6.10. The Labute approximate surface area is 145 Å². The first kappa shape index (κ1) is 16.5. The highest BCUT2D eigenvalue weighted by molar-refractivity contribution is 5.85. The summed E-state index contributed by atoms with van der Waals surface area (Å²) in [6.45, 7) is 0.388. The first-order valence-corrected chi connectivity index (χ1v) is 7.91. The molecular weight excluding hydrogens is 348 g/mol. The Morgan fingerprint density at radius 2 is 1.92 bits per heavy atom. The highest BCUT2D eigenvalue weighted by Crippen LogP contribution is 2.32. The van der Waals surface area contributed by atoms with Crippen LogP contribution in [0.1, 0.15) is 23.4 Å². The second kappa shape index (κ2) is 5.79.